The van der Waals surface area contributed by atoms with E-state index in [1.807, 2.05) is 31.2 Å². The van der Waals surface area contributed by atoms with E-state index in [2.05, 4.69) is 33.9 Å². The molecule has 130 valence electrons. The second kappa shape index (κ2) is 7.97. The van der Waals surface area contributed by atoms with Gasteiger partial charge in [0.15, 0.2) is 8.32 Å². The highest BCUT2D eigenvalue weighted by Crippen LogP contribution is 2.37. The zero-order valence-electron chi connectivity index (χ0n) is 15.4. The van der Waals surface area contributed by atoms with Crippen LogP contribution in [0.4, 0.5) is 0 Å². The normalized spacial score (nSPS) is 13.5. The van der Waals surface area contributed by atoms with Crippen molar-refractivity contribution in [1.29, 1.82) is 0 Å². The van der Waals surface area contributed by atoms with Gasteiger partial charge in [-0.1, -0.05) is 32.9 Å². The molecule has 0 aliphatic rings. The molecule has 0 aromatic heterocycles. The number of carbonyl (C=O) groups is 1. The summed E-state index contributed by atoms with van der Waals surface area (Å²) in [5.41, 5.74) is 0.942. The molecule has 0 N–H and O–H groups in total. The number of rotatable bonds is 7. The Hall–Kier alpha value is -1.33. The Labute approximate surface area is 141 Å². The van der Waals surface area contributed by atoms with Crippen LogP contribution in [0.25, 0.3) is 0 Å². The van der Waals surface area contributed by atoms with Crippen LogP contribution in [-0.2, 0) is 20.6 Å². The minimum absolute atomic E-state index is 0.126. The van der Waals surface area contributed by atoms with Gasteiger partial charge in [0.25, 0.3) is 0 Å². The van der Waals surface area contributed by atoms with Crippen molar-refractivity contribution in [2.45, 2.75) is 65.0 Å². The SMILES string of the molecule is COc1ccc(COC(=O)CC(C)O[Si](C)(C)C(C)(C)C)cc1. The number of benzene rings is 1. The molecule has 0 saturated heterocycles. The number of hydrogen-bond acceptors (Lipinski definition) is 4. The van der Waals surface area contributed by atoms with E-state index in [1.54, 1.807) is 7.11 Å². The molecule has 0 fully saturated rings. The summed E-state index contributed by atoms with van der Waals surface area (Å²) < 4.78 is 16.6. The lowest BCUT2D eigenvalue weighted by Gasteiger charge is -2.38. The fourth-order valence-electron chi connectivity index (χ4n) is 1.90. The Morgan fingerprint density at radius 3 is 2.22 bits per heavy atom. The molecule has 4 nitrogen and oxygen atoms in total. The highest BCUT2D eigenvalue weighted by molar-refractivity contribution is 6.74. The Bertz CT molecular complexity index is 503. The number of esters is 1. The summed E-state index contributed by atoms with van der Waals surface area (Å²) in [6.45, 7) is 13.2. The zero-order valence-corrected chi connectivity index (χ0v) is 16.4. The molecule has 1 aromatic rings. The smallest absolute Gasteiger partial charge is 0.308 e. The first-order valence-corrected chi connectivity index (χ1v) is 10.9. The van der Waals surface area contributed by atoms with Gasteiger partial charge in [0.05, 0.1) is 19.6 Å². The average Bonchev–Trinajstić information content (AvgIpc) is 2.43. The fraction of sp³-hybridized carbons (Fsp3) is 0.611. The highest BCUT2D eigenvalue weighted by atomic mass is 28.4. The Kier molecular flexibility index (Phi) is 6.83. The number of carbonyl (C=O) groups excluding carboxylic acids is 1. The monoisotopic (exact) mass is 338 g/mol. The first-order valence-electron chi connectivity index (χ1n) is 8.01. The van der Waals surface area contributed by atoms with E-state index >= 15 is 0 Å². The molecule has 0 saturated carbocycles. The molecule has 23 heavy (non-hydrogen) atoms. The van der Waals surface area contributed by atoms with Gasteiger partial charge in [-0.05, 0) is 42.8 Å². The molecule has 0 bridgehead atoms. The summed E-state index contributed by atoms with van der Waals surface area (Å²) in [6, 6.07) is 7.49. The quantitative estimate of drug-likeness (QED) is 0.541. The molecule has 1 rings (SSSR count). The molecule has 0 aliphatic carbocycles. The molecule has 1 aromatic carbocycles. The third-order valence-electron chi connectivity index (χ3n) is 4.31. The van der Waals surface area contributed by atoms with E-state index in [1.165, 1.54) is 0 Å². The number of methoxy groups -OCH3 is 1. The van der Waals surface area contributed by atoms with Crippen LogP contribution in [0.3, 0.4) is 0 Å². The van der Waals surface area contributed by atoms with Gasteiger partial charge in [0.2, 0.25) is 0 Å². The molecule has 0 radical (unpaired) electrons. The van der Waals surface area contributed by atoms with Gasteiger partial charge in [0.1, 0.15) is 12.4 Å². The summed E-state index contributed by atoms with van der Waals surface area (Å²) in [4.78, 5) is 12.0. The lowest BCUT2D eigenvalue weighted by atomic mass is 10.2. The summed E-state index contributed by atoms with van der Waals surface area (Å²) in [7, 11) is -0.230. The van der Waals surface area contributed by atoms with Crippen molar-refractivity contribution in [2.24, 2.45) is 0 Å². The van der Waals surface area contributed by atoms with E-state index in [0.717, 1.165) is 11.3 Å². The van der Waals surface area contributed by atoms with Crippen molar-refractivity contribution in [1.82, 2.24) is 0 Å². The molecule has 0 spiro atoms. The summed E-state index contributed by atoms with van der Waals surface area (Å²) >= 11 is 0. The van der Waals surface area contributed by atoms with E-state index in [4.69, 9.17) is 13.9 Å². The second-order valence-corrected chi connectivity index (χ2v) is 12.2. The molecular weight excluding hydrogens is 308 g/mol. The van der Waals surface area contributed by atoms with Gasteiger partial charge in [-0.3, -0.25) is 4.79 Å². The molecular formula is C18H30O4Si. The lowest BCUT2D eigenvalue weighted by Crippen LogP contribution is -2.43. The van der Waals surface area contributed by atoms with Gasteiger partial charge in [-0.2, -0.15) is 0 Å². The van der Waals surface area contributed by atoms with Crippen LogP contribution in [0.1, 0.15) is 39.7 Å². The third kappa shape index (κ3) is 6.35. The van der Waals surface area contributed by atoms with Crippen LogP contribution < -0.4 is 4.74 Å². The largest absolute Gasteiger partial charge is 0.497 e. The first-order chi connectivity index (χ1) is 10.5. The van der Waals surface area contributed by atoms with Crippen molar-refractivity contribution < 1.29 is 18.7 Å². The van der Waals surface area contributed by atoms with E-state index in [-0.39, 0.29) is 30.1 Å². The molecule has 5 heteroatoms. The van der Waals surface area contributed by atoms with Crippen LogP contribution in [0, 0.1) is 0 Å². The first kappa shape index (κ1) is 19.7. The maximum atomic E-state index is 12.0. The number of ether oxygens (including phenoxy) is 2. The van der Waals surface area contributed by atoms with Crippen LogP contribution in [0.15, 0.2) is 24.3 Å². The summed E-state index contributed by atoms with van der Waals surface area (Å²) in [5, 5.41) is 0.133. The second-order valence-electron chi connectivity index (χ2n) is 7.40. The standard InChI is InChI=1S/C18H30O4Si/c1-14(22-23(6,7)18(2,3)4)12-17(19)21-13-15-8-10-16(20-5)11-9-15/h8-11,14H,12-13H2,1-7H3. The van der Waals surface area contributed by atoms with E-state index in [9.17, 15) is 4.79 Å². The topological polar surface area (TPSA) is 44.8 Å². The highest BCUT2D eigenvalue weighted by Gasteiger charge is 2.38. The minimum Gasteiger partial charge on any atom is -0.497 e. The lowest BCUT2D eigenvalue weighted by molar-refractivity contribution is -0.146. The Morgan fingerprint density at radius 1 is 1.17 bits per heavy atom. The van der Waals surface area contributed by atoms with Crippen LogP contribution in [0.5, 0.6) is 5.75 Å². The Morgan fingerprint density at radius 2 is 1.74 bits per heavy atom. The van der Waals surface area contributed by atoms with Crippen molar-refractivity contribution in [3.63, 3.8) is 0 Å². The third-order valence-corrected chi connectivity index (χ3v) is 8.92. The van der Waals surface area contributed by atoms with Crippen LogP contribution in [-0.4, -0.2) is 27.5 Å². The fourth-order valence-corrected chi connectivity index (χ4v) is 3.34. The summed E-state index contributed by atoms with van der Waals surface area (Å²) in [6.07, 6.45) is 0.155. The molecule has 0 aliphatic heterocycles. The summed E-state index contributed by atoms with van der Waals surface area (Å²) in [5.74, 6) is 0.559. The molecule has 0 heterocycles. The van der Waals surface area contributed by atoms with E-state index < -0.39 is 8.32 Å². The predicted octanol–water partition coefficient (Wildman–Crippen LogP) is 4.54. The minimum atomic E-state index is -1.85. The molecule has 0 amide bonds. The average molecular weight is 339 g/mol. The van der Waals surface area contributed by atoms with Crippen molar-refractivity contribution in [2.75, 3.05) is 7.11 Å². The maximum absolute atomic E-state index is 12.0. The molecule has 1 atom stereocenters. The van der Waals surface area contributed by atoms with Gasteiger partial charge >= 0.3 is 5.97 Å². The van der Waals surface area contributed by atoms with Crippen molar-refractivity contribution >= 4 is 14.3 Å². The maximum Gasteiger partial charge on any atom is 0.308 e. The van der Waals surface area contributed by atoms with Crippen molar-refractivity contribution in [3.8, 4) is 5.75 Å². The van der Waals surface area contributed by atoms with Crippen LogP contribution >= 0.6 is 0 Å². The predicted molar refractivity (Wildman–Crippen MR) is 95.2 cm³/mol. The van der Waals surface area contributed by atoms with Crippen molar-refractivity contribution in [3.05, 3.63) is 29.8 Å². The molecule has 1 unspecified atom stereocenters. The van der Waals surface area contributed by atoms with Crippen LogP contribution in [0.2, 0.25) is 18.1 Å². The van der Waals surface area contributed by atoms with Gasteiger partial charge in [-0.15, -0.1) is 0 Å². The van der Waals surface area contributed by atoms with E-state index in [0.29, 0.717) is 0 Å². The van der Waals surface area contributed by atoms with Gasteiger partial charge in [0, 0.05) is 0 Å². The van der Waals surface area contributed by atoms with Gasteiger partial charge in [-0.25, -0.2) is 0 Å². The number of hydrogen-bond donors (Lipinski definition) is 0. The van der Waals surface area contributed by atoms with Gasteiger partial charge < -0.3 is 13.9 Å². The Balaban J connectivity index is 2.43. The zero-order chi connectivity index (χ0) is 17.7.